The van der Waals surface area contributed by atoms with Crippen LogP contribution in [0, 0.1) is 0 Å². The first-order valence-electron chi connectivity index (χ1n) is 11.3. The second-order valence-corrected chi connectivity index (χ2v) is 11.1. The third-order valence-electron chi connectivity index (χ3n) is 6.89. The average molecular weight is 499 g/mol. The zero-order valence-electron chi connectivity index (χ0n) is 18.8. The summed E-state index contributed by atoms with van der Waals surface area (Å²) in [7, 11) is -1.94. The van der Waals surface area contributed by atoms with E-state index in [1.165, 1.54) is 4.31 Å². The molecule has 1 aromatic carbocycles. The number of carbonyl (C=O) groups is 1. The van der Waals surface area contributed by atoms with Crippen LogP contribution >= 0.6 is 12.2 Å². The number of hydrogen-bond donors (Lipinski definition) is 1. The van der Waals surface area contributed by atoms with Gasteiger partial charge in [-0.2, -0.15) is 4.31 Å². The summed E-state index contributed by atoms with van der Waals surface area (Å²) in [5.41, 5.74) is 1.74. The van der Waals surface area contributed by atoms with Gasteiger partial charge in [-0.1, -0.05) is 42.9 Å². The minimum Gasteiger partial charge on any atom is -0.460 e. The second-order valence-electron chi connectivity index (χ2n) is 8.77. The summed E-state index contributed by atoms with van der Waals surface area (Å²) in [6.45, 7) is -0.174. The highest BCUT2D eigenvalue weighted by atomic mass is 32.2. The summed E-state index contributed by atoms with van der Waals surface area (Å²) in [6.07, 6.45) is 8.27. The first-order valence-corrected chi connectivity index (χ1v) is 13.1. The van der Waals surface area contributed by atoms with E-state index in [2.05, 4.69) is 10.3 Å². The second kappa shape index (κ2) is 8.75. The lowest BCUT2D eigenvalue weighted by Gasteiger charge is -2.44. The number of imidazole rings is 1. The van der Waals surface area contributed by atoms with Crippen molar-refractivity contribution in [2.75, 3.05) is 13.6 Å². The highest BCUT2D eigenvalue weighted by Crippen LogP contribution is 2.42. The van der Waals surface area contributed by atoms with E-state index in [-0.39, 0.29) is 18.0 Å². The quantitative estimate of drug-likeness (QED) is 0.427. The predicted octanol–water partition coefficient (Wildman–Crippen LogP) is 2.81. The number of thiocarbonyl (C=S) groups is 1. The van der Waals surface area contributed by atoms with Gasteiger partial charge in [0.2, 0.25) is 10.0 Å². The van der Waals surface area contributed by atoms with E-state index in [4.69, 9.17) is 17.0 Å². The molecule has 1 N–H and O–H groups in total. The standard InChI is InChI=1S/C24H26N4O4S2/c1-25-23(33)24(18-9-10-21-26-12-13-27(21)15-18)11-5-4-8-20(24)32-22(29)16-28-14-17-6-2-3-7-19(17)34(28,30)31/h2-3,6-7,9-10,12-13,15,20H,4-5,8,11,14,16H2,1H3,(H,25,33). The number of rotatable bonds is 5. The van der Waals surface area contributed by atoms with Crippen molar-refractivity contribution < 1.29 is 17.9 Å². The van der Waals surface area contributed by atoms with Crippen molar-refractivity contribution in [2.45, 2.75) is 48.6 Å². The van der Waals surface area contributed by atoms with Gasteiger partial charge < -0.3 is 14.5 Å². The average Bonchev–Trinajstić information content (AvgIpc) is 3.40. The largest absolute Gasteiger partial charge is 0.460 e. The van der Waals surface area contributed by atoms with Crippen LogP contribution in [0.15, 0.2) is 59.9 Å². The number of likely N-dealkylation sites (N-methyl/N-ethyl adjacent to an activating group) is 1. The third kappa shape index (κ3) is 3.70. The van der Waals surface area contributed by atoms with Gasteiger partial charge in [-0.25, -0.2) is 13.4 Å². The molecular formula is C24H26N4O4S2. The molecule has 10 heteroatoms. The van der Waals surface area contributed by atoms with E-state index in [0.717, 1.165) is 30.5 Å². The minimum absolute atomic E-state index is 0.162. The molecule has 1 aliphatic heterocycles. The van der Waals surface area contributed by atoms with E-state index in [1.54, 1.807) is 37.5 Å². The lowest BCUT2D eigenvalue weighted by molar-refractivity contribution is -0.153. The summed E-state index contributed by atoms with van der Waals surface area (Å²) in [5, 5.41) is 3.13. The topological polar surface area (TPSA) is 93.0 Å². The summed E-state index contributed by atoms with van der Waals surface area (Å²) in [4.78, 5) is 18.3. The Labute approximate surface area is 204 Å². The Morgan fingerprint density at radius 1 is 1.26 bits per heavy atom. The van der Waals surface area contributed by atoms with Gasteiger partial charge in [-0.3, -0.25) is 4.79 Å². The van der Waals surface area contributed by atoms with Gasteiger partial charge in [0.1, 0.15) is 18.3 Å². The number of nitrogens with one attached hydrogen (secondary N) is 1. The molecule has 0 bridgehead atoms. The Bertz CT molecular complexity index is 1370. The highest BCUT2D eigenvalue weighted by Gasteiger charge is 2.48. The van der Waals surface area contributed by atoms with Gasteiger partial charge in [-0.05, 0) is 42.5 Å². The lowest BCUT2D eigenvalue weighted by atomic mass is 9.67. The van der Waals surface area contributed by atoms with E-state index in [0.29, 0.717) is 17.0 Å². The van der Waals surface area contributed by atoms with Crippen LogP contribution in [-0.4, -0.2) is 52.8 Å². The molecule has 8 nitrogen and oxygen atoms in total. The molecule has 2 atom stereocenters. The van der Waals surface area contributed by atoms with Gasteiger partial charge in [0.05, 0.1) is 15.3 Å². The number of pyridine rings is 1. The molecule has 1 saturated carbocycles. The summed E-state index contributed by atoms with van der Waals surface area (Å²) >= 11 is 5.80. The van der Waals surface area contributed by atoms with Crippen LogP contribution in [0.3, 0.4) is 0 Å². The smallest absolute Gasteiger partial charge is 0.321 e. The Balaban J connectivity index is 1.43. The van der Waals surface area contributed by atoms with E-state index >= 15 is 0 Å². The van der Waals surface area contributed by atoms with Crippen molar-refractivity contribution in [3.63, 3.8) is 0 Å². The Hall–Kier alpha value is -2.82. The first-order chi connectivity index (χ1) is 16.4. The van der Waals surface area contributed by atoms with Crippen LogP contribution in [0.1, 0.15) is 36.8 Å². The zero-order chi connectivity index (χ0) is 23.9. The lowest BCUT2D eigenvalue weighted by Crippen LogP contribution is -2.54. The number of fused-ring (bicyclic) bond motifs is 2. The first kappa shape index (κ1) is 22.9. The van der Waals surface area contributed by atoms with Crippen molar-refractivity contribution in [3.05, 3.63) is 66.1 Å². The molecule has 34 heavy (non-hydrogen) atoms. The normalized spacial score (nSPS) is 24.0. The number of ether oxygens (including phenoxy) is 1. The fraction of sp³-hybridized carbons (Fsp3) is 0.375. The molecule has 1 fully saturated rings. The highest BCUT2D eigenvalue weighted by molar-refractivity contribution is 7.89. The van der Waals surface area contributed by atoms with Gasteiger partial charge in [-0.15, -0.1) is 0 Å². The van der Waals surface area contributed by atoms with Crippen LogP contribution in [0.2, 0.25) is 0 Å². The number of nitrogens with zero attached hydrogens (tertiary/aromatic N) is 3. The molecule has 2 aliphatic rings. The van der Waals surface area contributed by atoms with Crippen molar-refractivity contribution >= 4 is 38.8 Å². The van der Waals surface area contributed by atoms with Gasteiger partial charge >= 0.3 is 5.97 Å². The Kier molecular flexibility index (Phi) is 5.91. The van der Waals surface area contributed by atoms with Gasteiger partial charge in [0.25, 0.3) is 0 Å². The zero-order valence-corrected chi connectivity index (χ0v) is 20.4. The van der Waals surface area contributed by atoms with Crippen LogP contribution in [0.4, 0.5) is 0 Å². The predicted molar refractivity (Wildman–Crippen MR) is 131 cm³/mol. The maximum Gasteiger partial charge on any atom is 0.321 e. The molecule has 5 rings (SSSR count). The molecule has 0 saturated heterocycles. The Morgan fingerprint density at radius 2 is 2.09 bits per heavy atom. The maximum atomic E-state index is 13.1. The molecule has 2 aromatic heterocycles. The van der Waals surface area contributed by atoms with Gasteiger partial charge in [0, 0.05) is 32.2 Å². The van der Waals surface area contributed by atoms with E-state index in [1.807, 2.05) is 28.9 Å². The number of hydrogen-bond acceptors (Lipinski definition) is 6. The van der Waals surface area contributed by atoms with Crippen LogP contribution in [0.5, 0.6) is 0 Å². The third-order valence-corrected chi connectivity index (χ3v) is 9.35. The molecular weight excluding hydrogens is 472 g/mol. The van der Waals surface area contributed by atoms with Crippen LogP contribution < -0.4 is 5.32 Å². The monoisotopic (exact) mass is 498 g/mol. The molecule has 3 aromatic rings. The van der Waals surface area contributed by atoms with Crippen molar-refractivity contribution in [2.24, 2.45) is 0 Å². The fourth-order valence-corrected chi connectivity index (χ4v) is 7.14. The maximum absolute atomic E-state index is 13.1. The SMILES string of the molecule is CNC(=S)C1(c2ccc3nccn3c2)CCCCC1OC(=O)CN1Cc2ccccc2S1(=O)=O. The van der Waals surface area contributed by atoms with E-state index in [9.17, 15) is 13.2 Å². The van der Waals surface area contributed by atoms with Crippen molar-refractivity contribution in [1.29, 1.82) is 0 Å². The fourth-order valence-electron chi connectivity index (χ4n) is 5.21. The number of sulfonamides is 1. The molecule has 0 spiro atoms. The van der Waals surface area contributed by atoms with Crippen LogP contribution in [-0.2, 0) is 31.5 Å². The summed E-state index contributed by atoms with van der Waals surface area (Å²) < 4.78 is 34.9. The van der Waals surface area contributed by atoms with Crippen LogP contribution in [0.25, 0.3) is 5.65 Å². The Morgan fingerprint density at radius 3 is 2.88 bits per heavy atom. The number of aromatic nitrogens is 2. The van der Waals surface area contributed by atoms with Gasteiger partial charge in [0.15, 0.2) is 0 Å². The van der Waals surface area contributed by atoms with E-state index < -0.39 is 27.5 Å². The summed E-state index contributed by atoms with van der Waals surface area (Å²) in [6, 6.07) is 10.7. The summed E-state index contributed by atoms with van der Waals surface area (Å²) in [5.74, 6) is -0.574. The molecule has 0 radical (unpaired) electrons. The molecule has 0 amide bonds. The molecule has 1 aliphatic carbocycles. The molecule has 2 unspecified atom stereocenters. The molecule has 178 valence electrons. The van der Waals surface area contributed by atoms with Crippen molar-refractivity contribution in [1.82, 2.24) is 19.0 Å². The number of benzene rings is 1. The minimum atomic E-state index is -3.72. The molecule has 3 heterocycles. The number of esters is 1. The van der Waals surface area contributed by atoms with Crippen molar-refractivity contribution in [3.8, 4) is 0 Å². The number of carbonyl (C=O) groups excluding carboxylic acids is 1.